The van der Waals surface area contributed by atoms with Gasteiger partial charge in [0.05, 0.1) is 13.2 Å². The van der Waals surface area contributed by atoms with Crippen molar-refractivity contribution in [2.75, 3.05) is 26.9 Å². The predicted octanol–water partition coefficient (Wildman–Crippen LogP) is 3.41. The molecule has 1 rings (SSSR count). The van der Waals surface area contributed by atoms with Gasteiger partial charge in [-0.15, -0.1) is 0 Å². The second kappa shape index (κ2) is 10.4. The van der Waals surface area contributed by atoms with Crippen LogP contribution in [0.25, 0.3) is 0 Å². The summed E-state index contributed by atoms with van der Waals surface area (Å²) in [4.78, 5) is 11.9. The van der Waals surface area contributed by atoms with E-state index in [9.17, 15) is 4.79 Å². The number of Topliss-reactive ketones (excluding diaryl/α,β-unsaturated/α-hetero) is 1. The third kappa shape index (κ3) is 6.58. The predicted molar refractivity (Wildman–Crippen MR) is 87.3 cm³/mol. The zero-order chi connectivity index (χ0) is 16.4. The van der Waals surface area contributed by atoms with E-state index in [4.69, 9.17) is 14.2 Å². The molecule has 0 saturated carbocycles. The minimum atomic E-state index is 0.0502. The van der Waals surface area contributed by atoms with Crippen LogP contribution in [0.2, 0.25) is 0 Å². The van der Waals surface area contributed by atoms with Crippen LogP contribution < -0.4 is 4.74 Å². The molecule has 0 aliphatic carbocycles. The Hall–Kier alpha value is -1.39. The number of hydrogen-bond donors (Lipinski definition) is 0. The fraction of sp³-hybridized carbons (Fsp3) is 0.611. The second-order valence-electron chi connectivity index (χ2n) is 5.57. The van der Waals surface area contributed by atoms with Gasteiger partial charge >= 0.3 is 0 Å². The van der Waals surface area contributed by atoms with Crippen LogP contribution in [0.1, 0.15) is 38.3 Å². The molecule has 0 unspecified atom stereocenters. The summed E-state index contributed by atoms with van der Waals surface area (Å²) in [6, 6.07) is 5.93. The minimum Gasteiger partial charge on any atom is -0.493 e. The molecule has 4 heteroatoms. The largest absolute Gasteiger partial charge is 0.493 e. The number of rotatable bonds is 11. The quantitative estimate of drug-likeness (QED) is 0.588. The third-order valence-electron chi connectivity index (χ3n) is 3.37. The highest BCUT2D eigenvalue weighted by Crippen LogP contribution is 2.23. The molecule has 0 atom stereocenters. The molecule has 22 heavy (non-hydrogen) atoms. The van der Waals surface area contributed by atoms with Crippen molar-refractivity contribution in [1.82, 2.24) is 0 Å². The second-order valence-corrected chi connectivity index (χ2v) is 5.57. The Morgan fingerprint density at radius 1 is 1.23 bits per heavy atom. The van der Waals surface area contributed by atoms with Crippen LogP contribution in [-0.2, 0) is 27.3 Å². The van der Waals surface area contributed by atoms with Crippen molar-refractivity contribution in [1.29, 1.82) is 0 Å². The molecule has 0 aliphatic heterocycles. The van der Waals surface area contributed by atoms with E-state index in [2.05, 4.69) is 0 Å². The maximum absolute atomic E-state index is 11.9. The lowest BCUT2D eigenvalue weighted by Crippen LogP contribution is -2.11. The van der Waals surface area contributed by atoms with Gasteiger partial charge in [0.25, 0.3) is 0 Å². The lowest BCUT2D eigenvalue weighted by molar-refractivity contribution is -0.121. The van der Waals surface area contributed by atoms with Gasteiger partial charge in [-0.2, -0.15) is 0 Å². The highest BCUT2D eigenvalue weighted by atomic mass is 16.5. The number of carbonyl (C=O) groups excluding carboxylic acids is 1. The molecule has 1 aromatic rings. The molecule has 0 saturated heterocycles. The van der Waals surface area contributed by atoms with E-state index in [-0.39, 0.29) is 11.7 Å². The molecule has 1 aromatic carbocycles. The normalized spacial score (nSPS) is 11.0. The lowest BCUT2D eigenvalue weighted by atomic mass is 10.00. The van der Waals surface area contributed by atoms with E-state index in [0.717, 1.165) is 23.3 Å². The third-order valence-corrected chi connectivity index (χ3v) is 3.37. The van der Waals surface area contributed by atoms with Crippen LogP contribution in [0.4, 0.5) is 0 Å². The average Bonchev–Trinajstić information content (AvgIpc) is 2.50. The zero-order valence-electron chi connectivity index (χ0n) is 14.2. The highest BCUT2D eigenvalue weighted by Gasteiger charge is 2.11. The Labute approximate surface area is 133 Å². The fourth-order valence-corrected chi connectivity index (χ4v) is 1.97. The number of methoxy groups -OCH3 is 1. The Kier molecular flexibility index (Phi) is 8.78. The van der Waals surface area contributed by atoms with Crippen LogP contribution in [0.3, 0.4) is 0 Å². The zero-order valence-corrected chi connectivity index (χ0v) is 14.2. The van der Waals surface area contributed by atoms with Crippen LogP contribution in [0.15, 0.2) is 18.2 Å². The number of benzene rings is 1. The first-order valence-corrected chi connectivity index (χ1v) is 7.92. The molecule has 124 valence electrons. The Balaban J connectivity index is 2.78. The summed E-state index contributed by atoms with van der Waals surface area (Å²) in [6.45, 7) is 8.27. The maximum atomic E-state index is 11.9. The van der Waals surface area contributed by atoms with E-state index >= 15 is 0 Å². The summed E-state index contributed by atoms with van der Waals surface area (Å²) in [5, 5.41) is 0. The molecule has 0 aromatic heterocycles. The van der Waals surface area contributed by atoms with Crippen molar-refractivity contribution >= 4 is 5.78 Å². The van der Waals surface area contributed by atoms with Gasteiger partial charge in [0.1, 0.15) is 11.5 Å². The lowest BCUT2D eigenvalue weighted by Gasteiger charge is -2.14. The standard InChI is InChI=1S/C18H28O4/c1-5-21-13-16-8-7-15(11-17(19)14(2)3)12-18(16)22-10-6-9-20-4/h7-8,12,14H,5-6,9-11,13H2,1-4H3. The molecular weight excluding hydrogens is 280 g/mol. The molecule has 0 amide bonds. The first-order valence-electron chi connectivity index (χ1n) is 7.92. The average molecular weight is 308 g/mol. The SMILES string of the molecule is CCOCc1ccc(CC(=O)C(C)C)cc1OCCCOC. The summed E-state index contributed by atoms with van der Waals surface area (Å²) in [5.41, 5.74) is 2.00. The van der Waals surface area contributed by atoms with E-state index in [1.807, 2.05) is 39.0 Å². The summed E-state index contributed by atoms with van der Waals surface area (Å²) in [7, 11) is 1.68. The van der Waals surface area contributed by atoms with Gasteiger partial charge in [-0.05, 0) is 18.6 Å². The van der Waals surface area contributed by atoms with Gasteiger partial charge in [-0.1, -0.05) is 26.0 Å². The summed E-state index contributed by atoms with van der Waals surface area (Å²) in [6.07, 6.45) is 1.28. The molecule has 0 aliphatic rings. The van der Waals surface area contributed by atoms with E-state index in [1.165, 1.54) is 0 Å². The Morgan fingerprint density at radius 3 is 2.64 bits per heavy atom. The van der Waals surface area contributed by atoms with Crippen LogP contribution in [0, 0.1) is 5.92 Å². The topological polar surface area (TPSA) is 44.8 Å². The van der Waals surface area contributed by atoms with Crippen LogP contribution >= 0.6 is 0 Å². The number of ketones is 1. The van der Waals surface area contributed by atoms with Crippen molar-refractivity contribution in [3.63, 3.8) is 0 Å². The maximum Gasteiger partial charge on any atom is 0.139 e. The highest BCUT2D eigenvalue weighted by molar-refractivity contribution is 5.82. The van der Waals surface area contributed by atoms with Crippen molar-refractivity contribution < 1.29 is 19.0 Å². The molecule has 0 radical (unpaired) electrons. The van der Waals surface area contributed by atoms with E-state index < -0.39 is 0 Å². The van der Waals surface area contributed by atoms with E-state index in [1.54, 1.807) is 7.11 Å². The minimum absolute atomic E-state index is 0.0502. The van der Waals surface area contributed by atoms with Crippen LogP contribution in [0.5, 0.6) is 5.75 Å². The molecule has 0 fully saturated rings. The number of hydrogen-bond acceptors (Lipinski definition) is 4. The first-order chi connectivity index (χ1) is 10.6. The molecule has 4 nitrogen and oxygen atoms in total. The molecule has 0 spiro atoms. The monoisotopic (exact) mass is 308 g/mol. The van der Waals surface area contributed by atoms with Crippen molar-refractivity contribution in [3.05, 3.63) is 29.3 Å². The summed E-state index contributed by atoms with van der Waals surface area (Å²) < 4.78 is 16.4. The Bertz CT molecular complexity index is 454. The van der Waals surface area contributed by atoms with Gasteiger partial charge < -0.3 is 14.2 Å². The molecule has 0 bridgehead atoms. The smallest absolute Gasteiger partial charge is 0.139 e. The van der Waals surface area contributed by atoms with Crippen molar-refractivity contribution in [2.24, 2.45) is 5.92 Å². The molecule has 0 N–H and O–H groups in total. The summed E-state index contributed by atoms with van der Waals surface area (Å²) in [5.74, 6) is 1.09. The van der Waals surface area contributed by atoms with Gasteiger partial charge in [-0.25, -0.2) is 0 Å². The van der Waals surface area contributed by atoms with Crippen LogP contribution in [-0.4, -0.2) is 32.7 Å². The summed E-state index contributed by atoms with van der Waals surface area (Å²) >= 11 is 0. The Morgan fingerprint density at radius 2 is 2.00 bits per heavy atom. The number of carbonyl (C=O) groups is 1. The van der Waals surface area contributed by atoms with Gasteiger partial charge in [0.2, 0.25) is 0 Å². The fourth-order valence-electron chi connectivity index (χ4n) is 1.97. The molecular formula is C18H28O4. The van der Waals surface area contributed by atoms with Gasteiger partial charge in [-0.3, -0.25) is 4.79 Å². The van der Waals surface area contributed by atoms with E-state index in [0.29, 0.717) is 32.8 Å². The molecule has 0 heterocycles. The number of ether oxygens (including phenoxy) is 3. The first kappa shape index (κ1) is 18.7. The van der Waals surface area contributed by atoms with Crippen molar-refractivity contribution in [3.8, 4) is 5.75 Å². The van der Waals surface area contributed by atoms with Gasteiger partial charge in [0, 0.05) is 44.6 Å². The van der Waals surface area contributed by atoms with Gasteiger partial charge in [0.15, 0.2) is 0 Å². The van der Waals surface area contributed by atoms with Crippen molar-refractivity contribution in [2.45, 2.75) is 40.2 Å².